The van der Waals surface area contributed by atoms with Gasteiger partial charge in [0.25, 0.3) is 5.91 Å². The van der Waals surface area contributed by atoms with Gasteiger partial charge in [-0.1, -0.05) is 18.2 Å². The molecule has 0 aliphatic heterocycles. The van der Waals surface area contributed by atoms with Gasteiger partial charge in [0.2, 0.25) is 5.91 Å². The van der Waals surface area contributed by atoms with Crippen LogP contribution in [0.4, 0.5) is 11.4 Å². The molecule has 0 atom stereocenters. The quantitative estimate of drug-likeness (QED) is 0.483. The number of nitrogens with zero attached hydrogens (tertiary/aromatic N) is 5. The molecule has 0 radical (unpaired) electrons. The van der Waals surface area contributed by atoms with Crippen LogP contribution in [0.2, 0.25) is 0 Å². The Kier molecular flexibility index (Phi) is 5.84. The Balaban J connectivity index is 1.40. The van der Waals surface area contributed by atoms with Crippen molar-refractivity contribution >= 4 is 23.2 Å². The van der Waals surface area contributed by atoms with Crippen LogP contribution >= 0.6 is 0 Å². The SMILES string of the molecule is Cn1cnnc1-c1cccc(NC(=O)c2cccc(NC(=O)CCn3ccnc3)c2)c1. The van der Waals surface area contributed by atoms with E-state index in [0.717, 1.165) is 5.56 Å². The third kappa shape index (κ3) is 5.02. The number of imidazole rings is 1. The molecule has 0 aliphatic carbocycles. The van der Waals surface area contributed by atoms with Gasteiger partial charge in [-0.3, -0.25) is 9.59 Å². The number of benzene rings is 2. The molecule has 2 aromatic heterocycles. The molecule has 0 spiro atoms. The highest BCUT2D eigenvalue weighted by Gasteiger charge is 2.11. The highest BCUT2D eigenvalue weighted by atomic mass is 16.2. The average Bonchev–Trinajstić information content (AvgIpc) is 3.44. The first kappa shape index (κ1) is 20.0. The molecule has 0 aliphatic rings. The molecule has 4 rings (SSSR count). The molecule has 31 heavy (non-hydrogen) atoms. The number of rotatable bonds is 7. The summed E-state index contributed by atoms with van der Waals surface area (Å²) in [5.74, 6) is 0.295. The molecule has 156 valence electrons. The number of hydrogen-bond donors (Lipinski definition) is 2. The Hall–Kier alpha value is -4.27. The molecule has 2 amide bonds. The first-order valence-electron chi connectivity index (χ1n) is 9.70. The fourth-order valence-electron chi connectivity index (χ4n) is 3.10. The summed E-state index contributed by atoms with van der Waals surface area (Å²) >= 11 is 0. The number of anilines is 2. The van der Waals surface area contributed by atoms with Crippen molar-refractivity contribution in [2.45, 2.75) is 13.0 Å². The number of nitrogens with one attached hydrogen (secondary N) is 2. The molecule has 0 saturated heterocycles. The zero-order valence-corrected chi connectivity index (χ0v) is 16.9. The van der Waals surface area contributed by atoms with Crippen molar-refractivity contribution in [3.63, 3.8) is 0 Å². The summed E-state index contributed by atoms with van der Waals surface area (Å²) in [7, 11) is 1.86. The van der Waals surface area contributed by atoms with Crippen LogP contribution in [0.1, 0.15) is 16.8 Å². The van der Waals surface area contributed by atoms with E-state index in [2.05, 4.69) is 25.8 Å². The van der Waals surface area contributed by atoms with Gasteiger partial charge in [0, 0.05) is 54.9 Å². The molecular weight excluding hydrogens is 394 g/mol. The Morgan fingerprint density at radius 1 is 1.00 bits per heavy atom. The molecule has 2 aromatic carbocycles. The topological polar surface area (TPSA) is 107 Å². The van der Waals surface area contributed by atoms with Crippen molar-refractivity contribution in [2.75, 3.05) is 10.6 Å². The first-order chi connectivity index (χ1) is 15.1. The number of carbonyl (C=O) groups is 2. The van der Waals surface area contributed by atoms with Gasteiger partial charge in [-0.25, -0.2) is 4.98 Å². The first-order valence-corrected chi connectivity index (χ1v) is 9.70. The predicted molar refractivity (Wildman–Crippen MR) is 116 cm³/mol. The van der Waals surface area contributed by atoms with Crippen LogP contribution in [0.3, 0.4) is 0 Å². The van der Waals surface area contributed by atoms with Crippen LogP contribution in [0.25, 0.3) is 11.4 Å². The Labute approximate surface area is 178 Å². The maximum atomic E-state index is 12.7. The van der Waals surface area contributed by atoms with Gasteiger partial charge in [-0.2, -0.15) is 0 Å². The van der Waals surface area contributed by atoms with E-state index in [1.807, 2.05) is 29.8 Å². The molecular formula is C22H21N7O2. The Bertz CT molecular complexity index is 1200. The number of aryl methyl sites for hydroxylation is 2. The van der Waals surface area contributed by atoms with E-state index in [4.69, 9.17) is 0 Å². The summed E-state index contributed by atoms with van der Waals surface area (Å²) in [6, 6.07) is 14.2. The van der Waals surface area contributed by atoms with Crippen LogP contribution in [0, 0.1) is 0 Å². The van der Waals surface area contributed by atoms with Crippen LogP contribution in [0.5, 0.6) is 0 Å². The molecule has 0 saturated carbocycles. The van der Waals surface area contributed by atoms with E-state index >= 15 is 0 Å². The summed E-state index contributed by atoms with van der Waals surface area (Å²) in [4.78, 5) is 28.9. The second kappa shape index (κ2) is 9.04. The minimum atomic E-state index is -0.273. The maximum Gasteiger partial charge on any atom is 0.255 e. The van der Waals surface area contributed by atoms with Crippen LogP contribution < -0.4 is 10.6 Å². The van der Waals surface area contributed by atoms with E-state index in [9.17, 15) is 9.59 Å². The standard InChI is InChI=1S/C22H21N7O2/c1-28-15-24-27-21(28)16-4-2-7-19(12-16)26-22(31)17-5-3-6-18(13-17)25-20(30)8-10-29-11-9-23-14-29/h2-7,9,11-15H,8,10H2,1H3,(H,25,30)(H,26,31). The fraction of sp³-hybridized carbons (Fsp3) is 0.136. The normalized spacial score (nSPS) is 10.6. The molecule has 4 aromatic rings. The highest BCUT2D eigenvalue weighted by molar-refractivity contribution is 6.05. The van der Waals surface area contributed by atoms with Gasteiger partial charge in [0.1, 0.15) is 6.33 Å². The van der Waals surface area contributed by atoms with E-state index < -0.39 is 0 Å². The van der Waals surface area contributed by atoms with Gasteiger partial charge >= 0.3 is 0 Å². The van der Waals surface area contributed by atoms with Crippen LogP contribution in [-0.4, -0.2) is 36.1 Å². The van der Waals surface area contributed by atoms with Crippen LogP contribution in [0.15, 0.2) is 73.6 Å². The molecule has 2 N–H and O–H groups in total. The zero-order chi connectivity index (χ0) is 21.6. The minimum Gasteiger partial charge on any atom is -0.337 e. The molecule has 0 bridgehead atoms. The monoisotopic (exact) mass is 415 g/mol. The second-order valence-corrected chi connectivity index (χ2v) is 6.98. The lowest BCUT2D eigenvalue weighted by Crippen LogP contribution is -2.15. The third-order valence-electron chi connectivity index (χ3n) is 4.65. The van der Waals surface area contributed by atoms with E-state index in [0.29, 0.717) is 35.7 Å². The number of amides is 2. The predicted octanol–water partition coefficient (Wildman–Crippen LogP) is 2.96. The third-order valence-corrected chi connectivity index (χ3v) is 4.65. The van der Waals surface area contributed by atoms with Gasteiger partial charge < -0.3 is 19.8 Å². The van der Waals surface area contributed by atoms with Gasteiger partial charge in [0.05, 0.1) is 6.33 Å². The number of aromatic nitrogens is 5. The Morgan fingerprint density at radius 3 is 2.55 bits per heavy atom. The number of hydrogen-bond acceptors (Lipinski definition) is 5. The second-order valence-electron chi connectivity index (χ2n) is 6.98. The number of carbonyl (C=O) groups excluding carboxylic acids is 2. The van der Waals surface area contributed by atoms with Crippen molar-refractivity contribution < 1.29 is 9.59 Å². The Morgan fingerprint density at radius 2 is 1.81 bits per heavy atom. The van der Waals surface area contributed by atoms with Crippen LogP contribution in [-0.2, 0) is 18.4 Å². The maximum absolute atomic E-state index is 12.7. The molecule has 0 fully saturated rings. The summed E-state index contributed by atoms with van der Waals surface area (Å²) < 4.78 is 3.64. The largest absolute Gasteiger partial charge is 0.337 e. The van der Waals surface area contributed by atoms with Crippen molar-refractivity contribution in [1.29, 1.82) is 0 Å². The van der Waals surface area contributed by atoms with Gasteiger partial charge in [-0.05, 0) is 30.3 Å². The van der Waals surface area contributed by atoms with E-state index in [1.165, 1.54) is 0 Å². The summed E-state index contributed by atoms with van der Waals surface area (Å²) in [6.45, 7) is 0.536. The van der Waals surface area contributed by atoms with Gasteiger partial charge in [-0.15, -0.1) is 10.2 Å². The molecule has 2 heterocycles. The molecule has 9 nitrogen and oxygen atoms in total. The lowest BCUT2D eigenvalue weighted by atomic mass is 10.1. The summed E-state index contributed by atoms with van der Waals surface area (Å²) in [6.07, 6.45) is 7.07. The molecule has 0 unspecified atom stereocenters. The lowest BCUT2D eigenvalue weighted by Gasteiger charge is -2.10. The van der Waals surface area contributed by atoms with E-state index in [-0.39, 0.29) is 11.8 Å². The summed E-state index contributed by atoms with van der Waals surface area (Å²) in [5.41, 5.74) is 2.49. The smallest absolute Gasteiger partial charge is 0.255 e. The van der Waals surface area contributed by atoms with Gasteiger partial charge in [0.15, 0.2) is 5.82 Å². The van der Waals surface area contributed by atoms with Crippen molar-refractivity contribution in [3.8, 4) is 11.4 Å². The lowest BCUT2D eigenvalue weighted by molar-refractivity contribution is -0.116. The van der Waals surface area contributed by atoms with Crippen molar-refractivity contribution in [1.82, 2.24) is 24.3 Å². The zero-order valence-electron chi connectivity index (χ0n) is 16.9. The van der Waals surface area contributed by atoms with Crippen molar-refractivity contribution in [3.05, 3.63) is 79.1 Å². The average molecular weight is 415 g/mol. The highest BCUT2D eigenvalue weighted by Crippen LogP contribution is 2.21. The van der Waals surface area contributed by atoms with Crippen molar-refractivity contribution in [2.24, 2.45) is 7.05 Å². The molecule has 9 heteroatoms. The minimum absolute atomic E-state index is 0.136. The summed E-state index contributed by atoms with van der Waals surface area (Å²) in [5, 5.41) is 13.7. The van der Waals surface area contributed by atoms with E-state index in [1.54, 1.807) is 59.9 Å². The fourth-order valence-corrected chi connectivity index (χ4v) is 3.10.